The van der Waals surface area contributed by atoms with Crippen LogP contribution in [0.25, 0.3) is 27.7 Å². The minimum atomic E-state index is -0.751. The lowest BCUT2D eigenvalue weighted by Crippen LogP contribution is -2.33. The molecule has 4 amide bonds. The Morgan fingerprint density at radius 2 is 1.59 bits per heavy atom. The second-order valence-electron chi connectivity index (χ2n) is 14.9. The maximum absolute atomic E-state index is 15.2. The maximum atomic E-state index is 15.2. The third-order valence-corrected chi connectivity index (χ3v) is 11.2. The van der Waals surface area contributed by atoms with Crippen molar-refractivity contribution in [3.8, 4) is 28.3 Å². The van der Waals surface area contributed by atoms with Crippen molar-refractivity contribution in [1.82, 2.24) is 19.7 Å². The number of anilines is 2. The Morgan fingerprint density at radius 3 is 2.28 bits per heavy atom. The fourth-order valence-electron chi connectivity index (χ4n) is 8.34. The Labute approximate surface area is 348 Å². The molecule has 3 aliphatic rings. The Balaban J connectivity index is 0.000000233. The van der Waals surface area contributed by atoms with Gasteiger partial charge in [-0.25, -0.2) is 28.0 Å². The molecule has 1 unspecified atom stereocenters. The summed E-state index contributed by atoms with van der Waals surface area (Å²) in [6, 6.07) is 30.4. The van der Waals surface area contributed by atoms with Gasteiger partial charge in [0.15, 0.2) is 11.6 Å². The number of primary amides is 1. The fraction of sp³-hybridized carbons (Fsp3) is 0.152. The molecule has 1 atom stereocenters. The minimum Gasteiger partial charge on any atom is -0.454 e. The Kier molecular flexibility index (Phi) is 9.78. The summed E-state index contributed by atoms with van der Waals surface area (Å²) in [5.74, 6) is -1.50. The molecule has 0 saturated carbocycles. The van der Waals surface area contributed by atoms with Crippen LogP contribution in [0.2, 0.25) is 0 Å². The van der Waals surface area contributed by atoms with Gasteiger partial charge in [0.2, 0.25) is 5.78 Å². The van der Waals surface area contributed by atoms with Gasteiger partial charge in [0.05, 0.1) is 28.8 Å². The van der Waals surface area contributed by atoms with E-state index >= 15 is 4.39 Å². The molecule has 308 valence electrons. The number of carbonyl (C=O) groups is 4. The number of halogens is 2. The normalized spacial score (nSPS) is 15.4. The first-order valence-corrected chi connectivity index (χ1v) is 19.5. The molecule has 2 fully saturated rings. The van der Waals surface area contributed by atoms with E-state index in [1.54, 1.807) is 37.3 Å². The maximum Gasteiger partial charge on any atom is 0.404 e. The van der Waals surface area contributed by atoms with Gasteiger partial charge >= 0.3 is 12.1 Å². The molecular weight excluding hydrogens is 785 g/mol. The zero-order valence-corrected chi connectivity index (χ0v) is 32.6. The summed E-state index contributed by atoms with van der Waals surface area (Å²) < 4.78 is 41.2. The summed E-state index contributed by atoms with van der Waals surface area (Å²) in [5, 5.41) is 4.70. The van der Waals surface area contributed by atoms with E-state index in [9.17, 15) is 23.6 Å². The van der Waals surface area contributed by atoms with Crippen molar-refractivity contribution in [2.45, 2.75) is 31.7 Å². The molecule has 2 saturated heterocycles. The van der Waals surface area contributed by atoms with Crippen LogP contribution in [-0.2, 0) is 9.53 Å². The van der Waals surface area contributed by atoms with E-state index in [1.807, 2.05) is 24.3 Å². The molecule has 5 aromatic carbocycles. The Morgan fingerprint density at radius 1 is 0.885 bits per heavy atom. The van der Waals surface area contributed by atoms with Crippen LogP contribution in [0.15, 0.2) is 115 Å². The summed E-state index contributed by atoms with van der Waals surface area (Å²) in [7, 11) is 0. The SMILES string of the molecule is Cc1cc(Oc2ccccc2F)ccc1-n1ncc(C(=O)c2cc3cc(F)c(N4C(=O)C5CCCN5C4=O)cc3[nH]2)c1N.NC(=O)OCC1c2ccccc2-c2ccccc21.[HH]. The van der Waals surface area contributed by atoms with E-state index in [1.165, 1.54) is 68.4 Å². The molecule has 2 aliphatic heterocycles. The number of hydrogen-bond acceptors (Lipinski definition) is 8. The second kappa shape index (κ2) is 15.4. The molecule has 5 N–H and O–H groups in total. The lowest BCUT2D eigenvalue weighted by molar-refractivity contribution is -0.119. The summed E-state index contributed by atoms with van der Waals surface area (Å²) in [6.07, 6.45) is 1.89. The average molecular weight is 824 g/mol. The van der Waals surface area contributed by atoms with Crippen LogP contribution < -0.4 is 21.1 Å². The van der Waals surface area contributed by atoms with Crippen molar-refractivity contribution in [2.75, 3.05) is 23.8 Å². The van der Waals surface area contributed by atoms with Gasteiger partial charge in [-0.15, -0.1) is 0 Å². The predicted molar refractivity (Wildman–Crippen MR) is 225 cm³/mol. The number of hydrogen-bond donors (Lipinski definition) is 3. The molecule has 0 spiro atoms. The highest BCUT2D eigenvalue weighted by Gasteiger charge is 2.48. The molecule has 15 heteroatoms. The number of rotatable bonds is 8. The number of carbonyl (C=O) groups excluding carboxylic acids is 4. The van der Waals surface area contributed by atoms with E-state index in [4.69, 9.17) is 20.9 Å². The van der Waals surface area contributed by atoms with Gasteiger partial charge in [-0.1, -0.05) is 60.7 Å². The van der Waals surface area contributed by atoms with Gasteiger partial charge in [0.25, 0.3) is 5.91 Å². The molecule has 13 nitrogen and oxygen atoms in total. The van der Waals surface area contributed by atoms with Crippen molar-refractivity contribution in [3.05, 3.63) is 155 Å². The number of H-pyrrole nitrogens is 1. The Bertz CT molecular complexity index is 2870. The number of nitrogens with one attached hydrogen (secondary N) is 1. The number of imide groups is 1. The minimum absolute atomic E-state index is 0. The summed E-state index contributed by atoms with van der Waals surface area (Å²) in [4.78, 5) is 55.3. The van der Waals surface area contributed by atoms with Crippen LogP contribution in [0.4, 0.5) is 29.9 Å². The molecule has 10 rings (SSSR count). The summed E-state index contributed by atoms with van der Waals surface area (Å²) >= 11 is 0. The van der Waals surface area contributed by atoms with E-state index in [0.29, 0.717) is 47.5 Å². The molecular formula is C46H39F2N7O6. The molecule has 0 radical (unpaired) electrons. The highest BCUT2D eigenvalue weighted by atomic mass is 19.1. The highest BCUT2D eigenvalue weighted by molar-refractivity contribution is 6.22. The van der Waals surface area contributed by atoms with Crippen LogP contribution in [0.5, 0.6) is 11.5 Å². The number of aryl methyl sites for hydroxylation is 1. The second-order valence-corrected chi connectivity index (χ2v) is 14.9. The zero-order valence-electron chi connectivity index (χ0n) is 32.6. The Hall–Kier alpha value is -7.81. The van der Waals surface area contributed by atoms with Crippen molar-refractivity contribution in [1.29, 1.82) is 0 Å². The number of nitrogens with zero attached hydrogens (tertiary/aromatic N) is 4. The van der Waals surface area contributed by atoms with Crippen LogP contribution in [0.1, 0.15) is 52.9 Å². The topological polar surface area (TPSA) is 179 Å². The number of benzene rings is 5. The first kappa shape index (κ1) is 38.7. The predicted octanol–water partition coefficient (Wildman–Crippen LogP) is 8.62. The highest BCUT2D eigenvalue weighted by Crippen LogP contribution is 2.44. The third kappa shape index (κ3) is 6.88. The first-order chi connectivity index (χ1) is 29.5. The number of ether oxygens (including phenoxy) is 2. The number of urea groups is 1. The monoisotopic (exact) mass is 823 g/mol. The lowest BCUT2D eigenvalue weighted by atomic mass is 9.98. The number of aromatic nitrogens is 3. The van der Waals surface area contributed by atoms with Crippen molar-refractivity contribution >= 4 is 46.2 Å². The van der Waals surface area contributed by atoms with E-state index < -0.39 is 41.5 Å². The summed E-state index contributed by atoms with van der Waals surface area (Å²) in [5.41, 5.74) is 18.0. The van der Waals surface area contributed by atoms with Crippen molar-refractivity contribution in [3.63, 3.8) is 0 Å². The van der Waals surface area contributed by atoms with Crippen LogP contribution in [0.3, 0.4) is 0 Å². The van der Waals surface area contributed by atoms with E-state index in [0.717, 1.165) is 11.3 Å². The quantitative estimate of drug-likeness (QED) is 0.101. The molecule has 7 aromatic rings. The zero-order chi connectivity index (χ0) is 42.5. The van der Waals surface area contributed by atoms with Crippen molar-refractivity contribution in [2.24, 2.45) is 5.73 Å². The number of para-hydroxylation sites is 1. The van der Waals surface area contributed by atoms with Crippen LogP contribution in [0, 0.1) is 18.6 Å². The van der Waals surface area contributed by atoms with Crippen molar-refractivity contribution < 1.29 is 38.9 Å². The first-order valence-electron chi connectivity index (χ1n) is 19.5. The molecule has 0 bridgehead atoms. The molecule has 4 heterocycles. The van der Waals surface area contributed by atoms with Gasteiger partial charge in [-0.2, -0.15) is 5.10 Å². The smallest absolute Gasteiger partial charge is 0.404 e. The van der Waals surface area contributed by atoms with Crippen LogP contribution in [-0.4, -0.2) is 62.7 Å². The largest absolute Gasteiger partial charge is 0.454 e. The van der Waals surface area contributed by atoms with Crippen LogP contribution >= 0.6 is 0 Å². The number of nitrogens with two attached hydrogens (primary N) is 2. The number of ketones is 1. The van der Waals surface area contributed by atoms with Gasteiger partial charge in [-0.3, -0.25) is 9.59 Å². The van der Waals surface area contributed by atoms with Gasteiger partial charge < -0.3 is 30.8 Å². The molecule has 61 heavy (non-hydrogen) atoms. The number of amides is 4. The number of nitrogen functional groups attached to an aromatic ring is 1. The molecule has 2 aromatic heterocycles. The van der Waals surface area contributed by atoms with Gasteiger partial charge in [0, 0.05) is 24.8 Å². The van der Waals surface area contributed by atoms with E-state index in [-0.39, 0.29) is 35.9 Å². The fourth-order valence-corrected chi connectivity index (χ4v) is 8.34. The standard InChI is InChI=1S/C31H24F2N6O4.C15H13NO2.H2/c1-16-11-18(43-27-7-3-2-5-20(27)32)8-9-24(16)39-29(34)19(15-35-39)28(40)23-13-17-12-21(33)26(14-22(17)36-23)38-30(41)25-6-4-10-37(25)31(38)42;16-15(17)18-9-14-12-7-3-1-5-10(12)11-6-2-4-8-13(11)14;/h2-3,5,7-9,11-15,25,36H,4,6,10,34H2,1H3;1-8,14H,9H2,(H2,16,17);1H. The number of fused-ring (bicyclic) bond motifs is 5. The summed E-state index contributed by atoms with van der Waals surface area (Å²) in [6.45, 7) is 2.55. The van der Waals surface area contributed by atoms with Gasteiger partial charge in [0.1, 0.15) is 30.0 Å². The molecule has 1 aliphatic carbocycles. The third-order valence-electron chi connectivity index (χ3n) is 11.2. The van der Waals surface area contributed by atoms with Gasteiger partial charge in [-0.05, 0) is 96.1 Å². The number of aromatic amines is 1. The average Bonchev–Trinajstić information content (AvgIpc) is 4.08. The van der Waals surface area contributed by atoms with E-state index in [2.05, 4.69) is 34.3 Å². The lowest BCUT2D eigenvalue weighted by Gasteiger charge is -2.16.